The summed E-state index contributed by atoms with van der Waals surface area (Å²) in [6, 6.07) is 7.13. The summed E-state index contributed by atoms with van der Waals surface area (Å²) in [5.74, 6) is 1.03. The Labute approximate surface area is 130 Å². The van der Waals surface area contributed by atoms with Gasteiger partial charge in [0.2, 0.25) is 0 Å². The first kappa shape index (κ1) is 15.5. The van der Waals surface area contributed by atoms with Gasteiger partial charge in [0.15, 0.2) is 0 Å². The Morgan fingerprint density at radius 3 is 2.85 bits per heavy atom. The first-order valence-electron chi connectivity index (χ1n) is 7.03. The summed E-state index contributed by atoms with van der Waals surface area (Å²) in [6.45, 7) is 7.61. The zero-order chi connectivity index (χ0) is 14.4. The molecule has 1 aromatic heterocycles. The van der Waals surface area contributed by atoms with Crippen molar-refractivity contribution in [1.82, 2.24) is 10.3 Å². The molecule has 4 heteroatoms. The van der Waals surface area contributed by atoms with Crippen molar-refractivity contribution >= 4 is 23.1 Å². The van der Waals surface area contributed by atoms with E-state index in [9.17, 15) is 0 Å². The van der Waals surface area contributed by atoms with Crippen LogP contribution in [0.2, 0.25) is 0 Å². The lowest BCUT2D eigenvalue weighted by molar-refractivity contribution is 0.575. The lowest BCUT2D eigenvalue weighted by Gasteiger charge is -2.20. The number of rotatable bonds is 7. The number of hydrogen-bond acceptors (Lipinski definition) is 4. The van der Waals surface area contributed by atoms with Gasteiger partial charge in [-0.05, 0) is 37.9 Å². The molecule has 2 rings (SSSR count). The van der Waals surface area contributed by atoms with Gasteiger partial charge in [-0.15, -0.1) is 11.3 Å². The van der Waals surface area contributed by atoms with Gasteiger partial charge in [-0.25, -0.2) is 4.98 Å². The van der Waals surface area contributed by atoms with Crippen molar-refractivity contribution in [2.75, 3.05) is 12.3 Å². The highest BCUT2D eigenvalue weighted by Gasteiger charge is 2.14. The van der Waals surface area contributed by atoms with Crippen LogP contribution in [0.4, 0.5) is 0 Å². The normalized spacial score (nSPS) is 12.6. The van der Waals surface area contributed by atoms with E-state index in [1.54, 1.807) is 11.3 Å². The minimum Gasteiger partial charge on any atom is -0.309 e. The Morgan fingerprint density at radius 2 is 2.20 bits per heavy atom. The van der Waals surface area contributed by atoms with Crippen LogP contribution < -0.4 is 5.32 Å². The highest BCUT2D eigenvalue weighted by molar-refractivity contribution is 8.01. The predicted octanol–water partition coefficient (Wildman–Crippen LogP) is 4.59. The number of hydrogen-bond donors (Lipinski definition) is 1. The minimum absolute atomic E-state index is 0.393. The molecule has 0 amide bonds. The van der Waals surface area contributed by atoms with Crippen molar-refractivity contribution in [2.24, 2.45) is 0 Å². The molecule has 1 heterocycles. The Bertz CT molecular complexity index is 523. The van der Waals surface area contributed by atoms with Crippen LogP contribution in [0.3, 0.4) is 0 Å². The topological polar surface area (TPSA) is 24.9 Å². The van der Waals surface area contributed by atoms with Crippen molar-refractivity contribution in [2.45, 2.75) is 37.6 Å². The van der Waals surface area contributed by atoms with E-state index in [-0.39, 0.29) is 0 Å². The maximum absolute atomic E-state index is 4.35. The Hall–Kier alpha value is -0.840. The van der Waals surface area contributed by atoms with Gasteiger partial charge in [0.05, 0.1) is 0 Å². The number of nitrogens with one attached hydrogen (secondary N) is 1. The smallest absolute Gasteiger partial charge is 0.149 e. The number of thiazole rings is 1. The quantitative estimate of drug-likeness (QED) is 0.757. The van der Waals surface area contributed by atoms with Crippen LogP contribution in [-0.4, -0.2) is 17.3 Å². The van der Waals surface area contributed by atoms with Crippen LogP contribution in [0.5, 0.6) is 0 Å². The molecule has 1 aromatic carbocycles. The molecule has 0 fully saturated rings. The van der Waals surface area contributed by atoms with E-state index < -0.39 is 0 Å². The standard InChI is InChI=1S/C16H22N2S2/c1-4-7-17-15(11-20-16-18-8-9-19-16)14-6-5-12(2)10-13(14)3/h5-6,8-10,15,17H,4,7,11H2,1-3H3. The number of aromatic nitrogens is 1. The molecule has 2 aromatic rings. The number of aryl methyl sites for hydroxylation is 2. The van der Waals surface area contributed by atoms with Gasteiger partial charge in [0.25, 0.3) is 0 Å². The fourth-order valence-electron chi connectivity index (χ4n) is 2.23. The van der Waals surface area contributed by atoms with Gasteiger partial charge in [0, 0.05) is 23.4 Å². The lowest BCUT2D eigenvalue weighted by Crippen LogP contribution is -2.24. The summed E-state index contributed by atoms with van der Waals surface area (Å²) >= 11 is 3.55. The predicted molar refractivity (Wildman–Crippen MR) is 89.8 cm³/mol. The number of benzene rings is 1. The van der Waals surface area contributed by atoms with Gasteiger partial charge in [0.1, 0.15) is 4.34 Å². The molecule has 2 nitrogen and oxygen atoms in total. The fourth-order valence-corrected chi connectivity index (χ4v) is 3.97. The number of thioether (sulfide) groups is 1. The summed E-state index contributed by atoms with van der Waals surface area (Å²) in [5.41, 5.74) is 4.11. The minimum atomic E-state index is 0.393. The molecule has 0 aliphatic heterocycles. The molecule has 0 aliphatic rings. The zero-order valence-corrected chi connectivity index (χ0v) is 14.0. The zero-order valence-electron chi connectivity index (χ0n) is 12.3. The summed E-state index contributed by atoms with van der Waals surface area (Å²) in [4.78, 5) is 4.35. The van der Waals surface area contributed by atoms with Crippen LogP contribution in [-0.2, 0) is 0 Å². The SMILES string of the molecule is CCCNC(CSc1nccs1)c1ccc(C)cc1C. The van der Waals surface area contributed by atoms with E-state index in [1.165, 1.54) is 16.7 Å². The first-order valence-corrected chi connectivity index (χ1v) is 8.90. The molecule has 0 spiro atoms. The fraction of sp³-hybridized carbons (Fsp3) is 0.438. The van der Waals surface area contributed by atoms with Gasteiger partial charge >= 0.3 is 0 Å². The van der Waals surface area contributed by atoms with E-state index in [1.807, 2.05) is 23.3 Å². The van der Waals surface area contributed by atoms with E-state index >= 15 is 0 Å². The van der Waals surface area contributed by atoms with Crippen LogP contribution in [0.25, 0.3) is 0 Å². The molecule has 108 valence electrons. The molecule has 20 heavy (non-hydrogen) atoms. The van der Waals surface area contributed by atoms with E-state index in [0.717, 1.165) is 23.1 Å². The van der Waals surface area contributed by atoms with Crippen LogP contribution in [0.1, 0.15) is 36.1 Å². The average molecular weight is 307 g/mol. The van der Waals surface area contributed by atoms with Gasteiger partial charge < -0.3 is 5.32 Å². The first-order chi connectivity index (χ1) is 9.70. The number of nitrogens with zero attached hydrogens (tertiary/aromatic N) is 1. The van der Waals surface area contributed by atoms with Crippen molar-refractivity contribution in [3.05, 3.63) is 46.5 Å². The van der Waals surface area contributed by atoms with Crippen molar-refractivity contribution in [3.8, 4) is 0 Å². The molecular weight excluding hydrogens is 284 g/mol. The highest BCUT2D eigenvalue weighted by atomic mass is 32.2. The van der Waals surface area contributed by atoms with Crippen molar-refractivity contribution in [1.29, 1.82) is 0 Å². The maximum Gasteiger partial charge on any atom is 0.149 e. The third kappa shape index (κ3) is 4.33. The molecule has 0 aliphatic carbocycles. The molecular formula is C16H22N2S2. The lowest BCUT2D eigenvalue weighted by atomic mass is 10.00. The Morgan fingerprint density at radius 1 is 1.35 bits per heavy atom. The molecule has 0 bridgehead atoms. The Balaban J connectivity index is 2.09. The summed E-state index contributed by atoms with van der Waals surface area (Å²) in [7, 11) is 0. The second-order valence-electron chi connectivity index (χ2n) is 4.98. The summed E-state index contributed by atoms with van der Waals surface area (Å²) in [6.07, 6.45) is 3.03. The van der Waals surface area contributed by atoms with E-state index in [4.69, 9.17) is 0 Å². The van der Waals surface area contributed by atoms with Crippen molar-refractivity contribution < 1.29 is 0 Å². The third-order valence-corrected chi connectivity index (χ3v) is 5.28. The summed E-state index contributed by atoms with van der Waals surface area (Å²) in [5, 5.41) is 5.70. The van der Waals surface area contributed by atoms with Gasteiger partial charge in [-0.1, -0.05) is 42.4 Å². The molecule has 0 radical (unpaired) electrons. The van der Waals surface area contributed by atoms with E-state index in [0.29, 0.717) is 6.04 Å². The third-order valence-electron chi connectivity index (χ3n) is 3.22. The molecule has 0 saturated heterocycles. The summed E-state index contributed by atoms with van der Waals surface area (Å²) < 4.78 is 1.15. The van der Waals surface area contributed by atoms with E-state index in [2.05, 4.69) is 49.3 Å². The van der Waals surface area contributed by atoms with Crippen LogP contribution in [0, 0.1) is 13.8 Å². The molecule has 0 saturated carbocycles. The van der Waals surface area contributed by atoms with Gasteiger partial charge in [-0.2, -0.15) is 0 Å². The molecule has 1 N–H and O–H groups in total. The Kier molecular flexibility index (Phi) is 6.07. The molecule has 1 unspecified atom stereocenters. The second-order valence-corrected chi connectivity index (χ2v) is 7.14. The largest absolute Gasteiger partial charge is 0.309 e. The van der Waals surface area contributed by atoms with Crippen molar-refractivity contribution in [3.63, 3.8) is 0 Å². The second kappa shape index (κ2) is 7.81. The van der Waals surface area contributed by atoms with Crippen LogP contribution >= 0.6 is 23.1 Å². The monoisotopic (exact) mass is 306 g/mol. The highest BCUT2D eigenvalue weighted by Crippen LogP contribution is 2.28. The maximum atomic E-state index is 4.35. The van der Waals surface area contributed by atoms with Crippen LogP contribution in [0.15, 0.2) is 34.1 Å². The molecule has 1 atom stereocenters. The van der Waals surface area contributed by atoms with Gasteiger partial charge in [-0.3, -0.25) is 0 Å². The average Bonchev–Trinajstić information content (AvgIpc) is 2.93.